The minimum absolute atomic E-state index is 0.209. The minimum atomic E-state index is 0.209. The lowest BCUT2D eigenvalue weighted by atomic mass is 9.80. The van der Waals surface area contributed by atoms with E-state index in [-0.39, 0.29) is 11.9 Å². The fourth-order valence-electron chi connectivity index (χ4n) is 2.86. The summed E-state index contributed by atoms with van der Waals surface area (Å²) < 4.78 is 0. The smallest absolute Gasteiger partial charge is 0.220 e. The molecule has 0 aromatic rings. The van der Waals surface area contributed by atoms with Crippen LogP contribution in [0.5, 0.6) is 0 Å². The maximum absolute atomic E-state index is 11.9. The summed E-state index contributed by atoms with van der Waals surface area (Å²) in [6.45, 7) is 3.76. The van der Waals surface area contributed by atoms with Gasteiger partial charge in [0.05, 0.1) is 0 Å². The second-order valence-corrected chi connectivity index (χ2v) is 6.06. The van der Waals surface area contributed by atoms with Crippen LogP contribution >= 0.6 is 0 Å². The topological polar surface area (TPSA) is 58.4 Å². The summed E-state index contributed by atoms with van der Waals surface area (Å²) in [6, 6.07) is 0.230. The number of nitrogens with one attached hydrogen (secondary N) is 1. The monoisotopic (exact) mass is 255 g/mol. The van der Waals surface area contributed by atoms with Gasteiger partial charge in [-0.15, -0.1) is 0 Å². The Bertz CT molecular complexity index is 247. The van der Waals surface area contributed by atoms with Gasteiger partial charge in [0.25, 0.3) is 0 Å². The molecule has 0 heterocycles. The maximum atomic E-state index is 11.9. The fourth-order valence-corrected chi connectivity index (χ4v) is 2.86. The van der Waals surface area contributed by atoms with Crippen molar-refractivity contribution < 1.29 is 4.79 Å². The SMILES string of the molecule is CC(CN(C)C)NC(=O)CC1CCC(CN)CC1. The lowest BCUT2D eigenvalue weighted by Gasteiger charge is -2.27. The number of rotatable bonds is 6. The zero-order valence-corrected chi connectivity index (χ0v) is 12.1. The van der Waals surface area contributed by atoms with Gasteiger partial charge in [-0.05, 0) is 65.1 Å². The van der Waals surface area contributed by atoms with E-state index in [4.69, 9.17) is 5.73 Å². The van der Waals surface area contributed by atoms with Gasteiger partial charge < -0.3 is 16.0 Å². The molecule has 0 spiro atoms. The number of amides is 1. The third-order valence-corrected chi connectivity index (χ3v) is 3.82. The molecule has 4 heteroatoms. The molecule has 0 bridgehead atoms. The molecule has 0 aromatic heterocycles. The zero-order chi connectivity index (χ0) is 13.5. The molecule has 4 nitrogen and oxygen atoms in total. The molecule has 0 aliphatic heterocycles. The Kier molecular flexibility index (Phi) is 6.65. The average Bonchev–Trinajstić information content (AvgIpc) is 2.28. The molecule has 18 heavy (non-hydrogen) atoms. The molecule has 0 aromatic carbocycles. The quantitative estimate of drug-likeness (QED) is 0.750. The first-order valence-corrected chi connectivity index (χ1v) is 7.15. The summed E-state index contributed by atoms with van der Waals surface area (Å²) in [5, 5.41) is 3.08. The van der Waals surface area contributed by atoms with Crippen LogP contribution in [-0.2, 0) is 4.79 Å². The van der Waals surface area contributed by atoms with Crippen molar-refractivity contribution in [3.05, 3.63) is 0 Å². The number of likely N-dealkylation sites (N-methyl/N-ethyl adjacent to an activating group) is 1. The van der Waals surface area contributed by atoms with Crippen LogP contribution in [0.15, 0.2) is 0 Å². The first kappa shape index (κ1) is 15.4. The van der Waals surface area contributed by atoms with Crippen molar-refractivity contribution in [1.29, 1.82) is 0 Å². The predicted octanol–water partition coefficient (Wildman–Crippen LogP) is 1.21. The molecule has 3 N–H and O–H groups in total. The van der Waals surface area contributed by atoms with Crippen LogP contribution in [0.4, 0.5) is 0 Å². The lowest BCUT2D eigenvalue weighted by Crippen LogP contribution is -2.40. The maximum Gasteiger partial charge on any atom is 0.220 e. The molecule has 1 aliphatic carbocycles. The number of nitrogens with two attached hydrogens (primary N) is 1. The number of carbonyl (C=O) groups excluding carboxylic acids is 1. The van der Waals surface area contributed by atoms with Crippen molar-refractivity contribution >= 4 is 5.91 Å². The molecule has 1 saturated carbocycles. The van der Waals surface area contributed by atoms with Crippen LogP contribution in [0.2, 0.25) is 0 Å². The molecule has 1 aliphatic rings. The summed E-state index contributed by atoms with van der Waals surface area (Å²) >= 11 is 0. The minimum Gasteiger partial charge on any atom is -0.352 e. The van der Waals surface area contributed by atoms with Crippen molar-refractivity contribution in [2.24, 2.45) is 17.6 Å². The molecule has 0 saturated heterocycles. The third kappa shape index (κ3) is 5.83. The highest BCUT2D eigenvalue weighted by Gasteiger charge is 2.22. The second kappa shape index (κ2) is 7.74. The molecule has 0 radical (unpaired) electrons. The normalized spacial score (nSPS) is 26.1. The first-order valence-electron chi connectivity index (χ1n) is 7.15. The van der Waals surface area contributed by atoms with Crippen molar-refractivity contribution in [2.75, 3.05) is 27.2 Å². The van der Waals surface area contributed by atoms with Crippen LogP contribution in [0, 0.1) is 11.8 Å². The molecular formula is C14H29N3O. The Morgan fingerprint density at radius 2 is 1.83 bits per heavy atom. The van der Waals surface area contributed by atoms with Gasteiger partial charge in [0.1, 0.15) is 0 Å². The molecular weight excluding hydrogens is 226 g/mol. The highest BCUT2D eigenvalue weighted by atomic mass is 16.1. The zero-order valence-electron chi connectivity index (χ0n) is 12.1. The number of hydrogen-bond acceptors (Lipinski definition) is 3. The van der Waals surface area contributed by atoms with Crippen LogP contribution in [-0.4, -0.2) is 44.0 Å². The van der Waals surface area contributed by atoms with E-state index in [2.05, 4.69) is 17.1 Å². The number of nitrogens with zero attached hydrogens (tertiary/aromatic N) is 1. The highest BCUT2D eigenvalue weighted by Crippen LogP contribution is 2.30. The van der Waals surface area contributed by atoms with E-state index < -0.39 is 0 Å². The van der Waals surface area contributed by atoms with Gasteiger partial charge in [-0.1, -0.05) is 0 Å². The van der Waals surface area contributed by atoms with Crippen molar-refractivity contribution in [1.82, 2.24) is 10.2 Å². The van der Waals surface area contributed by atoms with Gasteiger partial charge in [-0.2, -0.15) is 0 Å². The van der Waals surface area contributed by atoms with E-state index in [1.807, 2.05) is 14.1 Å². The Labute approximate surface area is 111 Å². The van der Waals surface area contributed by atoms with Gasteiger partial charge >= 0.3 is 0 Å². The molecule has 1 rings (SSSR count). The Morgan fingerprint density at radius 3 is 2.33 bits per heavy atom. The molecule has 1 fully saturated rings. The largest absolute Gasteiger partial charge is 0.352 e. The fraction of sp³-hybridized carbons (Fsp3) is 0.929. The summed E-state index contributed by atoms with van der Waals surface area (Å²) in [4.78, 5) is 14.0. The van der Waals surface area contributed by atoms with E-state index >= 15 is 0 Å². The van der Waals surface area contributed by atoms with Crippen LogP contribution in [0.1, 0.15) is 39.0 Å². The summed E-state index contributed by atoms with van der Waals surface area (Å²) in [5.74, 6) is 1.47. The van der Waals surface area contributed by atoms with Gasteiger partial charge in [0.2, 0.25) is 5.91 Å². The van der Waals surface area contributed by atoms with E-state index in [1.54, 1.807) is 0 Å². The summed E-state index contributed by atoms with van der Waals surface area (Å²) in [5.41, 5.74) is 5.68. The molecule has 1 unspecified atom stereocenters. The van der Waals surface area contributed by atoms with E-state index in [9.17, 15) is 4.79 Å². The lowest BCUT2D eigenvalue weighted by molar-refractivity contribution is -0.123. The number of carbonyl (C=O) groups is 1. The molecule has 106 valence electrons. The van der Waals surface area contributed by atoms with Gasteiger partial charge in [0.15, 0.2) is 0 Å². The van der Waals surface area contributed by atoms with Gasteiger partial charge in [-0.3, -0.25) is 4.79 Å². The van der Waals surface area contributed by atoms with Crippen LogP contribution in [0.3, 0.4) is 0 Å². The Morgan fingerprint density at radius 1 is 1.28 bits per heavy atom. The summed E-state index contributed by atoms with van der Waals surface area (Å²) in [7, 11) is 4.05. The second-order valence-electron chi connectivity index (χ2n) is 6.06. The van der Waals surface area contributed by atoms with E-state index in [0.29, 0.717) is 18.3 Å². The van der Waals surface area contributed by atoms with Crippen molar-refractivity contribution in [3.8, 4) is 0 Å². The van der Waals surface area contributed by atoms with Gasteiger partial charge in [-0.25, -0.2) is 0 Å². The summed E-state index contributed by atoms with van der Waals surface area (Å²) in [6.07, 6.45) is 5.41. The van der Waals surface area contributed by atoms with Crippen LogP contribution in [0.25, 0.3) is 0 Å². The molecule has 1 amide bonds. The van der Waals surface area contributed by atoms with Gasteiger partial charge in [0, 0.05) is 19.0 Å². The van der Waals surface area contributed by atoms with Crippen LogP contribution < -0.4 is 11.1 Å². The Hall–Kier alpha value is -0.610. The Balaban J connectivity index is 2.20. The highest BCUT2D eigenvalue weighted by molar-refractivity contribution is 5.76. The van der Waals surface area contributed by atoms with Crippen molar-refractivity contribution in [3.63, 3.8) is 0 Å². The standard InChI is InChI=1S/C14H29N3O/c1-11(10-17(2)3)16-14(18)8-12-4-6-13(9-15)7-5-12/h11-13H,4-10,15H2,1-3H3,(H,16,18). The van der Waals surface area contributed by atoms with Crippen molar-refractivity contribution in [2.45, 2.75) is 45.1 Å². The number of hydrogen-bond donors (Lipinski definition) is 2. The average molecular weight is 255 g/mol. The first-order chi connectivity index (χ1) is 8.51. The molecule has 1 atom stereocenters. The predicted molar refractivity (Wildman–Crippen MR) is 75.3 cm³/mol. The van der Waals surface area contributed by atoms with E-state index in [1.165, 1.54) is 12.8 Å². The third-order valence-electron chi connectivity index (χ3n) is 3.82. The van der Waals surface area contributed by atoms with E-state index in [0.717, 1.165) is 25.9 Å².